The van der Waals surface area contributed by atoms with E-state index >= 15 is 0 Å². The third kappa shape index (κ3) is 2.50. The maximum Gasteiger partial charge on any atom is 0.160 e. The van der Waals surface area contributed by atoms with Gasteiger partial charge in [-0.2, -0.15) is 0 Å². The topological polar surface area (TPSA) is 58.9 Å². The fourth-order valence-corrected chi connectivity index (χ4v) is 6.95. The van der Waals surface area contributed by atoms with E-state index in [0.717, 1.165) is 18.3 Å². The Morgan fingerprint density at radius 1 is 0.750 bits per heavy atom. The molecule has 0 aliphatic heterocycles. The Morgan fingerprint density at radius 2 is 1.18 bits per heavy atom. The molecule has 4 aliphatic rings. The molecular weight excluding hydrogens is 352 g/mol. The maximum atomic E-state index is 10.1. The highest BCUT2D eigenvalue weighted by atomic mass is 16.5. The maximum absolute atomic E-state index is 10.1. The number of phenolic OH excluding ortho intramolecular Hbond substituents is 2. The van der Waals surface area contributed by atoms with Crippen LogP contribution in [0.1, 0.15) is 49.7 Å². The minimum Gasteiger partial charge on any atom is -0.504 e. The molecule has 4 saturated carbocycles. The van der Waals surface area contributed by atoms with Gasteiger partial charge in [0.15, 0.2) is 23.0 Å². The molecular formula is C24H28O4. The van der Waals surface area contributed by atoms with E-state index in [1.54, 1.807) is 26.4 Å². The Kier molecular flexibility index (Phi) is 3.84. The van der Waals surface area contributed by atoms with Crippen molar-refractivity contribution in [1.82, 2.24) is 0 Å². The number of ether oxygens (including phenoxy) is 2. The highest BCUT2D eigenvalue weighted by Crippen LogP contribution is 2.66. The van der Waals surface area contributed by atoms with E-state index in [9.17, 15) is 10.2 Å². The van der Waals surface area contributed by atoms with Crippen molar-refractivity contribution in [3.8, 4) is 23.0 Å². The van der Waals surface area contributed by atoms with E-state index < -0.39 is 0 Å². The number of aromatic hydroxyl groups is 2. The molecule has 2 aromatic rings. The van der Waals surface area contributed by atoms with Crippen molar-refractivity contribution in [1.29, 1.82) is 0 Å². The third-order valence-corrected chi connectivity index (χ3v) is 7.65. The van der Waals surface area contributed by atoms with Crippen LogP contribution in [-0.2, 0) is 10.8 Å². The van der Waals surface area contributed by atoms with Gasteiger partial charge in [0.2, 0.25) is 0 Å². The first kappa shape index (κ1) is 17.7. The summed E-state index contributed by atoms with van der Waals surface area (Å²) in [7, 11) is 3.23. The molecule has 0 unspecified atom stereocenters. The summed E-state index contributed by atoms with van der Waals surface area (Å²) in [4.78, 5) is 0. The predicted octanol–water partition coefficient (Wildman–Crippen LogP) is 4.90. The molecule has 2 N–H and O–H groups in total. The zero-order valence-corrected chi connectivity index (χ0v) is 16.6. The lowest BCUT2D eigenvalue weighted by Crippen LogP contribution is -2.55. The highest BCUT2D eigenvalue weighted by molar-refractivity contribution is 5.48. The summed E-state index contributed by atoms with van der Waals surface area (Å²) in [5, 5.41) is 20.1. The van der Waals surface area contributed by atoms with E-state index in [2.05, 4.69) is 12.1 Å². The van der Waals surface area contributed by atoms with Crippen molar-refractivity contribution in [3.05, 3.63) is 47.5 Å². The Hall–Kier alpha value is -2.36. The summed E-state index contributed by atoms with van der Waals surface area (Å²) in [6.07, 6.45) is 7.30. The third-order valence-electron chi connectivity index (χ3n) is 7.65. The zero-order chi connectivity index (χ0) is 19.5. The highest BCUT2D eigenvalue weighted by Gasteiger charge is 2.58. The molecule has 4 aliphatic carbocycles. The number of methoxy groups -OCH3 is 2. The van der Waals surface area contributed by atoms with Crippen LogP contribution in [0.4, 0.5) is 0 Å². The van der Waals surface area contributed by atoms with Crippen molar-refractivity contribution < 1.29 is 19.7 Å². The Bertz CT molecular complexity index is 833. The van der Waals surface area contributed by atoms with Crippen molar-refractivity contribution in [3.63, 3.8) is 0 Å². The standard InChI is InChI=1S/C24H28O4/c1-27-21-8-17(3-5-19(21)25)23-10-15-7-16(11-23)13-24(12-15,14-23)18-4-6-20(26)22(9-18)28-2/h3-6,8-9,15-16,25-26H,7,10-14H2,1-2H3. The minimum atomic E-state index is 0.135. The van der Waals surface area contributed by atoms with Crippen LogP contribution in [0.25, 0.3) is 0 Å². The SMILES string of the molecule is COc1cc(C23CC4CC(C2)CC(c2ccc(O)c(OC)c2)(C4)C3)ccc1O. The van der Waals surface area contributed by atoms with Crippen LogP contribution >= 0.6 is 0 Å². The zero-order valence-electron chi connectivity index (χ0n) is 16.6. The smallest absolute Gasteiger partial charge is 0.160 e. The van der Waals surface area contributed by atoms with E-state index in [0.29, 0.717) is 11.5 Å². The van der Waals surface area contributed by atoms with E-state index in [1.165, 1.54) is 43.2 Å². The van der Waals surface area contributed by atoms with Crippen LogP contribution in [0, 0.1) is 11.8 Å². The van der Waals surface area contributed by atoms with Crippen molar-refractivity contribution >= 4 is 0 Å². The molecule has 2 aromatic carbocycles. The molecule has 6 rings (SSSR count). The first-order chi connectivity index (χ1) is 13.5. The second kappa shape index (κ2) is 6.07. The Labute approximate surface area is 166 Å². The molecule has 4 bridgehead atoms. The lowest BCUT2D eigenvalue weighted by Gasteiger charge is -2.62. The summed E-state index contributed by atoms with van der Waals surface area (Å²) in [5.41, 5.74) is 2.87. The molecule has 0 amide bonds. The average molecular weight is 380 g/mol. The van der Waals surface area contributed by atoms with Crippen LogP contribution in [0.15, 0.2) is 36.4 Å². The second-order valence-corrected chi connectivity index (χ2v) is 9.29. The van der Waals surface area contributed by atoms with Crippen molar-refractivity contribution in [2.45, 2.75) is 49.4 Å². The first-order valence-corrected chi connectivity index (χ1v) is 10.2. The molecule has 28 heavy (non-hydrogen) atoms. The van der Waals surface area contributed by atoms with Gasteiger partial charge in [-0.15, -0.1) is 0 Å². The largest absolute Gasteiger partial charge is 0.504 e. The van der Waals surface area contributed by atoms with Crippen LogP contribution < -0.4 is 9.47 Å². The number of phenols is 2. The number of hydrogen-bond acceptors (Lipinski definition) is 4. The lowest BCUT2D eigenvalue weighted by atomic mass is 9.41. The van der Waals surface area contributed by atoms with Gasteiger partial charge in [0.1, 0.15) is 0 Å². The summed E-state index contributed by atoms with van der Waals surface area (Å²) < 4.78 is 10.8. The summed E-state index contributed by atoms with van der Waals surface area (Å²) in [6, 6.07) is 11.8. The van der Waals surface area contributed by atoms with Gasteiger partial charge in [0.25, 0.3) is 0 Å². The van der Waals surface area contributed by atoms with E-state index in [4.69, 9.17) is 9.47 Å². The lowest BCUT2D eigenvalue weighted by molar-refractivity contribution is -0.0283. The van der Waals surface area contributed by atoms with Crippen LogP contribution in [0.2, 0.25) is 0 Å². The first-order valence-electron chi connectivity index (χ1n) is 10.2. The number of hydrogen-bond donors (Lipinski definition) is 2. The van der Waals surface area contributed by atoms with Gasteiger partial charge in [-0.05, 0) is 96.6 Å². The molecule has 0 heterocycles. The van der Waals surface area contributed by atoms with E-state index in [-0.39, 0.29) is 22.3 Å². The molecule has 0 atom stereocenters. The van der Waals surface area contributed by atoms with Gasteiger partial charge in [0, 0.05) is 0 Å². The van der Waals surface area contributed by atoms with Crippen molar-refractivity contribution in [2.24, 2.45) is 11.8 Å². The van der Waals surface area contributed by atoms with Crippen LogP contribution in [-0.4, -0.2) is 24.4 Å². The molecule has 0 radical (unpaired) electrons. The number of rotatable bonds is 4. The van der Waals surface area contributed by atoms with Gasteiger partial charge in [0.05, 0.1) is 14.2 Å². The predicted molar refractivity (Wildman–Crippen MR) is 107 cm³/mol. The normalized spacial score (nSPS) is 33.1. The second-order valence-electron chi connectivity index (χ2n) is 9.29. The Morgan fingerprint density at radius 3 is 1.57 bits per heavy atom. The molecule has 0 saturated heterocycles. The minimum absolute atomic E-state index is 0.135. The van der Waals surface area contributed by atoms with Crippen molar-refractivity contribution in [2.75, 3.05) is 14.2 Å². The van der Waals surface area contributed by atoms with Crippen LogP contribution in [0.5, 0.6) is 23.0 Å². The summed E-state index contributed by atoms with van der Waals surface area (Å²) in [5.74, 6) is 2.98. The summed E-state index contributed by atoms with van der Waals surface area (Å²) >= 11 is 0. The quantitative estimate of drug-likeness (QED) is 0.792. The van der Waals surface area contributed by atoms with Gasteiger partial charge in [-0.25, -0.2) is 0 Å². The molecule has 4 heteroatoms. The van der Waals surface area contributed by atoms with E-state index in [1.807, 2.05) is 12.1 Å². The molecule has 0 spiro atoms. The molecule has 4 fully saturated rings. The molecule has 0 aromatic heterocycles. The van der Waals surface area contributed by atoms with Crippen LogP contribution in [0.3, 0.4) is 0 Å². The van der Waals surface area contributed by atoms with Gasteiger partial charge in [-0.3, -0.25) is 0 Å². The fraction of sp³-hybridized carbons (Fsp3) is 0.500. The molecule has 148 valence electrons. The van der Waals surface area contributed by atoms with Gasteiger partial charge >= 0.3 is 0 Å². The fourth-order valence-electron chi connectivity index (χ4n) is 6.95. The molecule has 4 nitrogen and oxygen atoms in total. The van der Waals surface area contributed by atoms with Gasteiger partial charge < -0.3 is 19.7 Å². The van der Waals surface area contributed by atoms with Gasteiger partial charge in [-0.1, -0.05) is 12.1 Å². The number of benzene rings is 2. The summed E-state index contributed by atoms with van der Waals surface area (Å²) in [6.45, 7) is 0. The Balaban J connectivity index is 1.60. The monoisotopic (exact) mass is 380 g/mol. The average Bonchev–Trinajstić information content (AvgIpc) is 2.67.